The fourth-order valence-corrected chi connectivity index (χ4v) is 1.75. The third kappa shape index (κ3) is 3.65. The molecule has 0 aliphatic rings. The van der Waals surface area contributed by atoms with Crippen LogP contribution in [-0.4, -0.2) is 23.8 Å². The normalized spacial score (nSPS) is 11.0. The van der Waals surface area contributed by atoms with Gasteiger partial charge in [-0.2, -0.15) is 5.26 Å². The number of nitrogens with two attached hydrogens (primary N) is 1. The molecule has 0 saturated carbocycles. The lowest BCUT2D eigenvalue weighted by atomic mass is 10.1. The minimum Gasteiger partial charge on any atom is -0.397 e. The van der Waals surface area contributed by atoms with E-state index in [0.29, 0.717) is 17.8 Å². The van der Waals surface area contributed by atoms with Crippen molar-refractivity contribution in [2.45, 2.75) is 26.4 Å². The molecule has 1 aromatic rings. The summed E-state index contributed by atoms with van der Waals surface area (Å²) in [5, 5.41) is 18.6. The quantitative estimate of drug-likeness (QED) is 0.777. The van der Waals surface area contributed by atoms with Gasteiger partial charge in [-0.15, -0.1) is 0 Å². The van der Waals surface area contributed by atoms with Crippen molar-refractivity contribution in [2.75, 3.05) is 23.7 Å². The minimum atomic E-state index is -0.781. The van der Waals surface area contributed by atoms with Crippen molar-refractivity contribution in [3.8, 4) is 6.07 Å². The van der Waals surface area contributed by atoms with Crippen LogP contribution in [0.2, 0.25) is 0 Å². The number of benzene rings is 1. The number of nitriles is 1. The van der Waals surface area contributed by atoms with E-state index in [1.165, 1.54) is 0 Å². The van der Waals surface area contributed by atoms with E-state index in [0.717, 1.165) is 12.2 Å². The van der Waals surface area contributed by atoms with Crippen LogP contribution in [0.25, 0.3) is 0 Å². The van der Waals surface area contributed by atoms with Crippen molar-refractivity contribution in [1.82, 2.24) is 0 Å². The SMILES string of the molecule is CCN(CC(C)(C)O)c1ccc(C#N)cc1N. The minimum absolute atomic E-state index is 0.500. The molecule has 0 heterocycles. The summed E-state index contributed by atoms with van der Waals surface area (Å²) in [7, 11) is 0. The van der Waals surface area contributed by atoms with Crippen molar-refractivity contribution < 1.29 is 5.11 Å². The maximum Gasteiger partial charge on any atom is 0.0992 e. The molecule has 4 heteroatoms. The van der Waals surface area contributed by atoms with Gasteiger partial charge in [0.15, 0.2) is 0 Å². The first-order chi connectivity index (χ1) is 7.87. The van der Waals surface area contributed by atoms with Crippen LogP contribution >= 0.6 is 0 Å². The monoisotopic (exact) mass is 233 g/mol. The van der Waals surface area contributed by atoms with Crippen molar-refractivity contribution in [3.63, 3.8) is 0 Å². The lowest BCUT2D eigenvalue weighted by Crippen LogP contribution is -2.38. The van der Waals surface area contributed by atoms with Gasteiger partial charge in [-0.25, -0.2) is 0 Å². The zero-order valence-electron chi connectivity index (χ0n) is 10.6. The molecule has 0 radical (unpaired) electrons. The van der Waals surface area contributed by atoms with Gasteiger partial charge in [-0.1, -0.05) is 0 Å². The van der Waals surface area contributed by atoms with Crippen LogP contribution in [-0.2, 0) is 0 Å². The summed E-state index contributed by atoms with van der Waals surface area (Å²) in [4.78, 5) is 2.00. The third-order valence-electron chi connectivity index (χ3n) is 2.46. The summed E-state index contributed by atoms with van der Waals surface area (Å²) in [5.41, 5.74) is 7.10. The Morgan fingerprint density at radius 1 is 1.47 bits per heavy atom. The third-order valence-corrected chi connectivity index (χ3v) is 2.46. The second kappa shape index (κ2) is 5.07. The van der Waals surface area contributed by atoms with Gasteiger partial charge in [0, 0.05) is 13.1 Å². The molecular formula is C13H19N3O. The summed E-state index contributed by atoms with van der Waals surface area (Å²) in [5.74, 6) is 0. The lowest BCUT2D eigenvalue weighted by Gasteiger charge is -2.30. The molecule has 3 N–H and O–H groups in total. The maximum atomic E-state index is 9.84. The molecule has 0 unspecified atom stereocenters. The molecule has 0 fully saturated rings. The molecule has 1 aromatic carbocycles. The van der Waals surface area contributed by atoms with Gasteiger partial charge in [-0.05, 0) is 39.0 Å². The second-order valence-corrected chi connectivity index (χ2v) is 4.71. The van der Waals surface area contributed by atoms with E-state index >= 15 is 0 Å². The van der Waals surface area contributed by atoms with Crippen LogP contribution in [0.1, 0.15) is 26.3 Å². The Kier molecular flexibility index (Phi) is 3.97. The molecule has 0 amide bonds. The van der Waals surface area contributed by atoms with Crippen LogP contribution in [0.5, 0.6) is 0 Å². The molecule has 17 heavy (non-hydrogen) atoms. The highest BCUT2D eigenvalue weighted by Gasteiger charge is 2.19. The fraction of sp³-hybridized carbons (Fsp3) is 0.462. The summed E-state index contributed by atoms with van der Waals surface area (Å²) in [6.45, 7) is 6.77. The second-order valence-electron chi connectivity index (χ2n) is 4.71. The van der Waals surface area contributed by atoms with E-state index < -0.39 is 5.60 Å². The van der Waals surface area contributed by atoms with Gasteiger partial charge >= 0.3 is 0 Å². The van der Waals surface area contributed by atoms with Crippen molar-refractivity contribution >= 4 is 11.4 Å². The lowest BCUT2D eigenvalue weighted by molar-refractivity contribution is 0.0876. The van der Waals surface area contributed by atoms with Crippen molar-refractivity contribution in [2.24, 2.45) is 0 Å². The molecule has 0 aliphatic carbocycles. The van der Waals surface area contributed by atoms with Gasteiger partial charge in [0.05, 0.1) is 28.6 Å². The molecule has 4 nitrogen and oxygen atoms in total. The van der Waals surface area contributed by atoms with Gasteiger partial charge < -0.3 is 15.7 Å². The highest BCUT2D eigenvalue weighted by Crippen LogP contribution is 2.25. The number of hydrogen-bond acceptors (Lipinski definition) is 4. The zero-order chi connectivity index (χ0) is 13.1. The van der Waals surface area contributed by atoms with E-state index in [-0.39, 0.29) is 0 Å². The molecule has 0 aromatic heterocycles. The van der Waals surface area contributed by atoms with E-state index in [1.807, 2.05) is 17.9 Å². The van der Waals surface area contributed by atoms with Gasteiger partial charge in [-0.3, -0.25) is 0 Å². The molecule has 0 bridgehead atoms. The average molecular weight is 233 g/mol. The smallest absolute Gasteiger partial charge is 0.0992 e. The van der Waals surface area contributed by atoms with Crippen molar-refractivity contribution in [1.29, 1.82) is 5.26 Å². The number of nitrogen functional groups attached to an aromatic ring is 1. The van der Waals surface area contributed by atoms with E-state index in [2.05, 4.69) is 6.07 Å². The average Bonchev–Trinajstić information content (AvgIpc) is 2.24. The van der Waals surface area contributed by atoms with E-state index in [1.54, 1.807) is 26.0 Å². The topological polar surface area (TPSA) is 73.3 Å². The highest BCUT2D eigenvalue weighted by molar-refractivity contribution is 5.69. The predicted molar refractivity (Wildman–Crippen MR) is 69.8 cm³/mol. The molecular weight excluding hydrogens is 214 g/mol. The number of hydrogen-bond donors (Lipinski definition) is 2. The Morgan fingerprint density at radius 3 is 2.53 bits per heavy atom. The van der Waals surface area contributed by atoms with E-state index in [9.17, 15) is 5.11 Å². The van der Waals surface area contributed by atoms with Gasteiger partial charge in [0.2, 0.25) is 0 Å². The maximum absolute atomic E-state index is 9.84. The number of rotatable bonds is 4. The highest BCUT2D eigenvalue weighted by atomic mass is 16.3. The number of aliphatic hydroxyl groups is 1. The fourth-order valence-electron chi connectivity index (χ4n) is 1.75. The first-order valence-electron chi connectivity index (χ1n) is 5.64. The Labute approximate surface area is 102 Å². The molecule has 92 valence electrons. The summed E-state index contributed by atoms with van der Waals surface area (Å²) in [6.07, 6.45) is 0. The number of likely N-dealkylation sites (N-methyl/N-ethyl adjacent to an activating group) is 1. The summed E-state index contributed by atoms with van der Waals surface area (Å²) < 4.78 is 0. The molecule has 0 saturated heterocycles. The first-order valence-corrected chi connectivity index (χ1v) is 5.64. The first kappa shape index (κ1) is 13.3. The standard InChI is InChI=1S/C13H19N3O/c1-4-16(9-13(2,3)17)12-6-5-10(8-14)7-11(12)15/h5-7,17H,4,9,15H2,1-3H3. The molecule has 0 aliphatic heterocycles. The summed E-state index contributed by atoms with van der Waals surface area (Å²) in [6, 6.07) is 7.26. The van der Waals surface area contributed by atoms with Gasteiger partial charge in [0.1, 0.15) is 0 Å². The summed E-state index contributed by atoms with van der Waals surface area (Å²) >= 11 is 0. The van der Waals surface area contributed by atoms with E-state index in [4.69, 9.17) is 11.0 Å². The Hall–Kier alpha value is -1.73. The van der Waals surface area contributed by atoms with Crippen LogP contribution in [0.15, 0.2) is 18.2 Å². The van der Waals surface area contributed by atoms with Crippen molar-refractivity contribution in [3.05, 3.63) is 23.8 Å². The Morgan fingerprint density at radius 2 is 2.12 bits per heavy atom. The molecule has 1 rings (SSSR count). The van der Waals surface area contributed by atoms with Gasteiger partial charge in [0.25, 0.3) is 0 Å². The predicted octanol–water partition coefficient (Wildman–Crippen LogP) is 1.74. The number of nitrogens with zero attached hydrogens (tertiary/aromatic N) is 2. The Bertz CT molecular complexity index is 429. The molecule has 0 atom stereocenters. The van der Waals surface area contributed by atoms with Crippen LogP contribution in [0, 0.1) is 11.3 Å². The van der Waals surface area contributed by atoms with Crippen LogP contribution < -0.4 is 10.6 Å². The van der Waals surface area contributed by atoms with Crippen LogP contribution in [0.4, 0.5) is 11.4 Å². The van der Waals surface area contributed by atoms with Crippen LogP contribution in [0.3, 0.4) is 0 Å². The Balaban J connectivity index is 3.01. The largest absolute Gasteiger partial charge is 0.397 e. The zero-order valence-corrected chi connectivity index (χ0v) is 10.6. The number of anilines is 2. The molecule has 0 spiro atoms.